The quantitative estimate of drug-likeness (QED) is 0.454. The summed E-state index contributed by atoms with van der Waals surface area (Å²) in [5.41, 5.74) is 3.50. The second-order valence-corrected chi connectivity index (χ2v) is 7.53. The van der Waals surface area contributed by atoms with E-state index in [1.54, 1.807) is 0 Å². The Morgan fingerprint density at radius 1 is 1.00 bits per heavy atom. The van der Waals surface area contributed by atoms with Gasteiger partial charge in [0.2, 0.25) is 5.71 Å². The Kier molecular flexibility index (Phi) is 4.92. The van der Waals surface area contributed by atoms with E-state index in [2.05, 4.69) is 15.3 Å². The van der Waals surface area contributed by atoms with Crippen LogP contribution in [0.25, 0.3) is 33.6 Å². The molecule has 1 saturated heterocycles. The van der Waals surface area contributed by atoms with Crippen molar-refractivity contribution >= 4 is 28.5 Å². The average Bonchev–Trinajstić information content (AvgIpc) is 3.41. The Bertz CT molecular complexity index is 1120. The van der Waals surface area contributed by atoms with E-state index in [-0.39, 0.29) is 6.10 Å². The summed E-state index contributed by atoms with van der Waals surface area (Å²) >= 11 is 6.13. The lowest BCUT2D eigenvalue weighted by atomic mass is 9.99. The molecule has 0 aliphatic carbocycles. The average molecular weight is 406 g/mol. The molecule has 4 aromatic rings. The number of nitrogens with one attached hydrogen (secondary N) is 1. The van der Waals surface area contributed by atoms with Crippen molar-refractivity contribution in [3.8, 4) is 22.5 Å². The summed E-state index contributed by atoms with van der Waals surface area (Å²) < 4.78 is 12.0. The van der Waals surface area contributed by atoms with Crippen LogP contribution in [-0.2, 0) is 4.74 Å². The first-order chi connectivity index (χ1) is 14.3. The van der Waals surface area contributed by atoms with Gasteiger partial charge in [0, 0.05) is 29.3 Å². The Balaban J connectivity index is 1.67. The molecule has 0 saturated carbocycles. The molecule has 1 unspecified atom stereocenters. The lowest BCUT2D eigenvalue weighted by molar-refractivity contribution is 0.120. The van der Waals surface area contributed by atoms with Crippen molar-refractivity contribution in [3.05, 3.63) is 65.9 Å². The summed E-state index contributed by atoms with van der Waals surface area (Å²) in [7, 11) is 0. The normalized spacial score (nSPS) is 16.4. The van der Waals surface area contributed by atoms with Crippen molar-refractivity contribution in [1.82, 2.24) is 9.97 Å². The van der Waals surface area contributed by atoms with Crippen molar-refractivity contribution in [1.29, 1.82) is 0 Å². The topological polar surface area (TPSA) is 60.2 Å². The number of fused-ring (bicyclic) bond motifs is 1. The highest BCUT2D eigenvalue weighted by atomic mass is 35.5. The molecule has 29 heavy (non-hydrogen) atoms. The third-order valence-electron chi connectivity index (χ3n) is 5.18. The van der Waals surface area contributed by atoms with Gasteiger partial charge in [0.25, 0.3) is 0 Å². The molecule has 3 heterocycles. The molecule has 1 aliphatic heterocycles. The van der Waals surface area contributed by atoms with Gasteiger partial charge >= 0.3 is 0 Å². The first-order valence-corrected chi connectivity index (χ1v) is 10.1. The molecule has 0 bridgehead atoms. The highest BCUT2D eigenvalue weighted by Gasteiger charge is 2.23. The van der Waals surface area contributed by atoms with E-state index < -0.39 is 0 Å². The fraction of sp³-hybridized carbons (Fsp3) is 0.217. The molecule has 6 heteroatoms. The number of ether oxygens (including phenoxy) is 1. The number of anilines is 1. The van der Waals surface area contributed by atoms with Crippen molar-refractivity contribution in [2.75, 3.05) is 18.5 Å². The van der Waals surface area contributed by atoms with Crippen LogP contribution < -0.4 is 5.32 Å². The minimum absolute atomic E-state index is 0.208. The van der Waals surface area contributed by atoms with Gasteiger partial charge in [-0.15, -0.1) is 0 Å². The number of hydrogen-bond donors (Lipinski definition) is 1. The summed E-state index contributed by atoms with van der Waals surface area (Å²) in [6, 6.07) is 17.8. The monoisotopic (exact) mass is 405 g/mol. The Labute approximate surface area is 173 Å². The van der Waals surface area contributed by atoms with E-state index in [1.807, 2.05) is 54.6 Å². The van der Waals surface area contributed by atoms with Crippen LogP contribution in [-0.4, -0.2) is 29.2 Å². The van der Waals surface area contributed by atoms with Crippen molar-refractivity contribution < 1.29 is 9.15 Å². The van der Waals surface area contributed by atoms with Crippen LogP contribution in [0.5, 0.6) is 0 Å². The van der Waals surface area contributed by atoms with Crippen molar-refractivity contribution in [2.45, 2.75) is 18.9 Å². The molecule has 0 radical (unpaired) electrons. The van der Waals surface area contributed by atoms with Crippen LogP contribution in [0.4, 0.5) is 5.82 Å². The number of hydrogen-bond acceptors (Lipinski definition) is 5. The van der Waals surface area contributed by atoms with E-state index in [4.69, 9.17) is 20.8 Å². The van der Waals surface area contributed by atoms with Crippen LogP contribution in [0, 0.1) is 0 Å². The standard InChI is InChI=1S/C23H20ClN3O2/c24-17-10-8-15(9-11-17)19-20-22(25-13-18-7-4-12-28-18)26-14-27-23(20)29-21(19)16-5-2-1-3-6-16/h1-3,5-6,8-11,14,18H,4,7,12-13H2,(H,25,26,27). The van der Waals surface area contributed by atoms with Gasteiger partial charge < -0.3 is 14.5 Å². The zero-order valence-electron chi connectivity index (χ0n) is 15.8. The number of aromatic nitrogens is 2. The first kappa shape index (κ1) is 18.2. The lowest BCUT2D eigenvalue weighted by Gasteiger charge is -2.12. The zero-order chi connectivity index (χ0) is 19.6. The van der Waals surface area contributed by atoms with Crippen molar-refractivity contribution in [2.24, 2.45) is 0 Å². The second-order valence-electron chi connectivity index (χ2n) is 7.10. The van der Waals surface area contributed by atoms with Gasteiger partial charge in [-0.1, -0.05) is 54.1 Å². The van der Waals surface area contributed by atoms with Gasteiger partial charge in [0.05, 0.1) is 11.5 Å². The molecular formula is C23H20ClN3O2. The van der Waals surface area contributed by atoms with Crippen LogP contribution >= 0.6 is 11.6 Å². The molecule has 2 aromatic heterocycles. The number of furan rings is 1. The number of rotatable bonds is 5. The van der Waals surface area contributed by atoms with Gasteiger partial charge in [-0.05, 0) is 30.5 Å². The Hall–Kier alpha value is -2.89. The van der Waals surface area contributed by atoms with Gasteiger partial charge in [-0.25, -0.2) is 9.97 Å². The largest absolute Gasteiger partial charge is 0.437 e. The minimum Gasteiger partial charge on any atom is -0.437 e. The SMILES string of the molecule is Clc1ccc(-c2c(-c3ccccc3)oc3ncnc(NCC4CCCO4)c23)cc1. The number of benzene rings is 2. The van der Waals surface area contributed by atoms with E-state index in [0.29, 0.717) is 17.3 Å². The van der Waals surface area contributed by atoms with Crippen LogP contribution in [0.15, 0.2) is 65.3 Å². The van der Waals surface area contributed by atoms with Gasteiger partial charge in [0.1, 0.15) is 17.9 Å². The van der Waals surface area contributed by atoms with Crippen LogP contribution in [0.3, 0.4) is 0 Å². The number of nitrogens with zero attached hydrogens (tertiary/aromatic N) is 2. The summed E-state index contributed by atoms with van der Waals surface area (Å²) in [4.78, 5) is 8.91. The maximum Gasteiger partial charge on any atom is 0.232 e. The van der Waals surface area contributed by atoms with E-state index in [0.717, 1.165) is 53.1 Å². The Morgan fingerprint density at radius 2 is 1.83 bits per heavy atom. The lowest BCUT2D eigenvalue weighted by Crippen LogP contribution is -2.19. The highest BCUT2D eigenvalue weighted by Crippen LogP contribution is 2.42. The van der Waals surface area contributed by atoms with E-state index in [9.17, 15) is 0 Å². The smallest absolute Gasteiger partial charge is 0.232 e. The molecule has 0 spiro atoms. The van der Waals surface area contributed by atoms with Crippen LogP contribution in [0.1, 0.15) is 12.8 Å². The van der Waals surface area contributed by atoms with Crippen LogP contribution in [0.2, 0.25) is 5.02 Å². The van der Waals surface area contributed by atoms with Crippen molar-refractivity contribution in [3.63, 3.8) is 0 Å². The molecule has 1 atom stereocenters. The highest BCUT2D eigenvalue weighted by molar-refractivity contribution is 6.30. The zero-order valence-corrected chi connectivity index (χ0v) is 16.5. The molecule has 0 amide bonds. The molecule has 1 N–H and O–H groups in total. The summed E-state index contributed by atoms with van der Waals surface area (Å²) in [6.07, 6.45) is 3.90. The fourth-order valence-electron chi connectivity index (χ4n) is 3.77. The molecule has 146 valence electrons. The van der Waals surface area contributed by atoms with Gasteiger partial charge in [0.15, 0.2) is 0 Å². The molecular weight excluding hydrogens is 386 g/mol. The van der Waals surface area contributed by atoms with E-state index in [1.165, 1.54) is 6.33 Å². The predicted octanol–water partition coefficient (Wildman–Crippen LogP) is 5.80. The number of halogens is 1. The van der Waals surface area contributed by atoms with Gasteiger partial charge in [-0.2, -0.15) is 0 Å². The summed E-state index contributed by atoms with van der Waals surface area (Å²) in [6.45, 7) is 1.53. The predicted molar refractivity (Wildman–Crippen MR) is 115 cm³/mol. The first-order valence-electron chi connectivity index (χ1n) is 9.74. The fourth-order valence-corrected chi connectivity index (χ4v) is 3.89. The van der Waals surface area contributed by atoms with Gasteiger partial charge in [-0.3, -0.25) is 0 Å². The maximum atomic E-state index is 6.23. The van der Waals surface area contributed by atoms with E-state index >= 15 is 0 Å². The second kappa shape index (κ2) is 7.85. The molecule has 2 aromatic carbocycles. The Morgan fingerprint density at radius 3 is 2.59 bits per heavy atom. The molecule has 1 fully saturated rings. The molecule has 1 aliphatic rings. The minimum atomic E-state index is 0.208. The summed E-state index contributed by atoms with van der Waals surface area (Å²) in [5, 5.41) is 5.01. The third kappa shape index (κ3) is 3.59. The molecule has 5 nitrogen and oxygen atoms in total. The third-order valence-corrected chi connectivity index (χ3v) is 5.43. The molecule has 5 rings (SSSR count). The summed E-state index contributed by atoms with van der Waals surface area (Å²) in [5.74, 6) is 1.52. The maximum absolute atomic E-state index is 6.23.